The minimum Gasteiger partial charge on any atom is -0.340 e. The van der Waals surface area contributed by atoms with Crippen LogP contribution in [0.3, 0.4) is 0 Å². The highest BCUT2D eigenvalue weighted by molar-refractivity contribution is 6.21. The van der Waals surface area contributed by atoms with Crippen LogP contribution in [0.15, 0.2) is 4.52 Å². The van der Waals surface area contributed by atoms with Gasteiger partial charge in [-0.1, -0.05) is 36.6 Å². The van der Waals surface area contributed by atoms with E-state index in [0.29, 0.717) is 23.8 Å². The number of anilines is 1. The Kier molecular flexibility index (Phi) is 4.77. The third-order valence-electron chi connectivity index (χ3n) is 4.15. The Morgan fingerprint density at radius 1 is 1.24 bits per heavy atom. The second kappa shape index (κ2) is 6.99. The van der Waals surface area contributed by atoms with Crippen molar-refractivity contribution in [1.82, 2.24) is 30.5 Å². The monoisotopic (exact) mass is 347 g/mol. The quantitative estimate of drug-likeness (QED) is 0.592. The Bertz CT molecular complexity index is 782. The van der Waals surface area contributed by atoms with Gasteiger partial charge in [0.05, 0.1) is 5.69 Å². The van der Waals surface area contributed by atoms with Crippen molar-refractivity contribution in [3.8, 4) is 0 Å². The van der Waals surface area contributed by atoms with E-state index in [9.17, 15) is 9.59 Å². The highest BCUT2D eigenvalue weighted by atomic mass is 16.5. The Morgan fingerprint density at radius 2 is 2.04 bits per heavy atom. The molecule has 0 unspecified atom stereocenters. The molecule has 0 aromatic carbocycles. The van der Waals surface area contributed by atoms with Crippen molar-refractivity contribution in [3.05, 3.63) is 17.4 Å². The summed E-state index contributed by atoms with van der Waals surface area (Å²) in [6.07, 6.45) is 3.61. The first-order valence-electron chi connectivity index (χ1n) is 8.35. The number of aromatic nitrogens is 5. The molecule has 1 aliphatic rings. The molecule has 3 heterocycles. The number of unbranched alkanes of at least 4 members (excludes halogenated alkanes) is 2. The summed E-state index contributed by atoms with van der Waals surface area (Å²) >= 11 is 0. The fraction of sp³-hybridized carbons (Fsp3) is 0.600. The zero-order valence-electron chi connectivity index (χ0n) is 14.5. The van der Waals surface area contributed by atoms with Crippen molar-refractivity contribution in [3.63, 3.8) is 0 Å². The predicted octanol–water partition coefficient (Wildman–Crippen LogP) is 1.33. The topological polar surface area (TPSA) is 119 Å². The van der Waals surface area contributed by atoms with E-state index in [1.54, 1.807) is 13.8 Å². The van der Waals surface area contributed by atoms with E-state index < -0.39 is 12.1 Å². The van der Waals surface area contributed by atoms with E-state index in [1.165, 1.54) is 4.68 Å². The summed E-state index contributed by atoms with van der Waals surface area (Å²) in [6.45, 7) is 5.78. The Morgan fingerprint density at radius 3 is 2.72 bits per heavy atom. The molecule has 10 heteroatoms. The van der Waals surface area contributed by atoms with Crippen molar-refractivity contribution < 1.29 is 14.1 Å². The van der Waals surface area contributed by atoms with Crippen LogP contribution < -0.4 is 10.2 Å². The molecule has 0 saturated carbocycles. The molecule has 0 aliphatic carbocycles. The van der Waals surface area contributed by atoms with Gasteiger partial charge in [-0.3, -0.25) is 4.79 Å². The third-order valence-corrected chi connectivity index (χ3v) is 4.15. The fourth-order valence-corrected chi connectivity index (χ4v) is 2.77. The molecule has 1 saturated heterocycles. The summed E-state index contributed by atoms with van der Waals surface area (Å²) in [5, 5.41) is 14.5. The van der Waals surface area contributed by atoms with Crippen LogP contribution in [0.4, 0.5) is 10.6 Å². The molecule has 2 aromatic rings. The van der Waals surface area contributed by atoms with Crippen LogP contribution in [0.25, 0.3) is 0 Å². The number of amides is 3. The molecule has 3 rings (SSSR count). The molecule has 2 aromatic heterocycles. The number of nitrogens with zero attached hydrogens (tertiary/aromatic N) is 6. The third kappa shape index (κ3) is 3.37. The maximum atomic E-state index is 12.6. The number of urea groups is 1. The molecular weight excluding hydrogens is 326 g/mol. The van der Waals surface area contributed by atoms with E-state index in [2.05, 4.69) is 32.7 Å². The minimum absolute atomic E-state index is 0.237. The van der Waals surface area contributed by atoms with Crippen molar-refractivity contribution >= 4 is 17.8 Å². The number of aryl methyl sites for hydroxylation is 1. The standard InChI is InChI=1S/C15H21N7O3/c1-4-5-6-7-11-14(23)22(15(24)17-11)13-9(2)21(20-18-13)8-12-16-10(3)25-19-12/h11H,4-8H2,1-3H3,(H,17,24)/t11-/m0/s1. The largest absolute Gasteiger partial charge is 0.340 e. The zero-order chi connectivity index (χ0) is 18.0. The lowest BCUT2D eigenvalue weighted by molar-refractivity contribution is -0.118. The summed E-state index contributed by atoms with van der Waals surface area (Å²) in [7, 11) is 0. The molecule has 134 valence electrons. The van der Waals surface area contributed by atoms with Gasteiger partial charge in [-0.15, -0.1) is 5.10 Å². The van der Waals surface area contributed by atoms with Crippen molar-refractivity contribution in [2.24, 2.45) is 0 Å². The molecule has 1 fully saturated rings. The average molecular weight is 347 g/mol. The first-order chi connectivity index (χ1) is 12.0. The van der Waals surface area contributed by atoms with Gasteiger partial charge in [0, 0.05) is 6.92 Å². The maximum absolute atomic E-state index is 12.6. The lowest BCUT2D eigenvalue weighted by atomic mass is 10.1. The van der Waals surface area contributed by atoms with E-state index in [1.807, 2.05) is 0 Å². The maximum Gasteiger partial charge on any atom is 0.330 e. The van der Waals surface area contributed by atoms with Gasteiger partial charge >= 0.3 is 6.03 Å². The molecule has 3 amide bonds. The van der Waals surface area contributed by atoms with Crippen LogP contribution in [-0.2, 0) is 11.3 Å². The molecule has 1 N–H and O–H groups in total. The molecule has 1 atom stereocenters. The Labute approximate surface area is 144 Å². The van der Waals surface area contributed by atoms with Crippen LogP contribution in [0.5, 0.6) is 0 Å². The van der Waals surface area contributed by atoms with Gasteiger partial charge in [0.25, 0.3) is 5.91 Å². The fourth-order valence-electron chi connectivity index (χ4n) is 2.77. The molecule has 25 heavy (non-hydrogen) atoms. The first-order valence-corrected chi connectivity index (χ1v) is 8.35. The lowest BCUT2D eigenvalue weighted by Crippen LogP contribution is -2.32. The molecule has 0 radical (unpaired) electrons. The van der Waals surface area contributed by atoms with Gasteiger partial charge in [0.1, 0.15) is 12.6 Å². The number of carbonyl (C=O) groups excluding carboxylic acids is 2. The SMILES string of the molecule is CCCCC[C@@H]1NC(=O)N(c2nnn(Cc3noc(C)n3)c2C)C1=O. The number of nitrogens with one attached hydrogen (secondary N) is 1. The van der Waals surface area contributed by atoms with Gasteiger partial charge in [-0.05, 0) is 13.3 Å². The van der Waals surface area contributed by atoms with Crippen LogP contribution >= 0.6 is 0 Å². The zero-order valence-corrected chi connectivity index (χ0v) is 14.5. The molecule has 0 bridgehead atoms. The van der Waals surface area contributed by atoms with Crippen LogP contribution in [0.1, 0.15) is 50.0 Å². The second-order valence-electron chi connectivity index (χ2n) is 6.06. The van der Waals surface area contributed by atoms with Gasteiger partial charge in [0.2, 0.25) is 5.89 Å². The van der Waals surface area contributed by atoms with Crippen LogP contribution in [0.2, 0.25) is 0 Å². The lowest BCUT2D eigenvalue weighted by Gasteiger charge is -2.10. The summed E-state index contributed by atoms with van der Waals surface area (Å²) < 4.78 is 6.46. The summed E-state index contributed by atoms with van der Waals surface area (Å²) in [5.74, 6) is 0.857. The molecule has 0 spiro atoms. The van der Waals surface area contributed by atoms with Gasteiger partial charge in [-0.2, -0.15) is 4.98 Å². The highest BCUT2D eigenvalue weighted by Crippen LogP contribution is 2.23. The average Bonchev–Trinajstić information content (AvgIpc) is 3.22. The number of rotatable bonds is 7. The van der Waals surface area contributed by atoms with Crippen molar-refractivity contribution in [2.45, 2.75) is 59.0 Å². The highest BCUT2D eigenvalue weighted by Gasteiger charge is 2.41. The normalized spacial score (nSPS) is 17.4. The van der Waals surface area contributed by atoms with Crippen molar-refractivity contribution in [2.75, 3.05) is 4.90 Å². The van der Waals surface area contributed by atoms with Crippen LogP contribution in [-0.4, -0.2) is 43.1 Å². The van der Waals surface area contributed by atoms with E-state index >= 15 is 0 Å². The number of imide groups is 1. The first kappa shape index (κ1) is 17.1. The van der Waals surface area contributed by atoms with E-state index in [-0.39, 0.29) is 18.3 Å². The molecule has 10 nitrogen and oxygen atoms in total. The van der Waals surface area contributed by atoms with Gasteiger partial charge in [0.15, 0.2) is 11.6 Å². The number of carbonyl (C=O) groups is 2. The van der Waals surface area contributed by atoms with Crippen molar-refractivity contribution in [1.29, 1.82) is 0 Å². The number of hydrogen-bond donors (Lipinski definition) is 1. The van der Waals surface area contributed by atoms with Gasteiger partial charge < -0.3 is 9.84 Å². The smallest absolute Gasteiger partial charge is 0.330 e. The Hall–Kier alpha value is -2.78. The van der Waals surface area contributed by atoms with E-state index in [4.69, 9.17) is 4.52 Å². The Balaban J connectivity index is 1.75. The predicted molar refractivity (Wildman–Crippen MR) is 86.8 cm³/mol. The van der Waals surface area contributed by atoms with E-state index in [0.717, 1.165) is 24.2 Å². The minimum atomic E-state index is -0.497. The summed E-state index contributed by atoms with van der Waals surface area (Å²) in [5.41, 5.74) is 0.583. The summed E-state index contributed by atoms with van der Waals surface area (Å²) in [6, 6.07) is -0.958. The molecule has 1 aliphatic heterocycles. The second-order valence-corrected chi connectivity index (χ2v) is 6.06. The molecular formula is C15H21N7O3. The van der Waals surface area contributed by atoms with Crippen LogP contribution in [0, 0.1) is 13.8 Å². The van der Waals surface area contributed by atoms with Gasteiger partial charge in [-0.25, -0.2) is 14.4 Å². The number of hydrogen-bond acceptors (Lipinski definition) is 7. The summed E-state index contributed by atoms with van der Waals surface area (Å²) in [4.78, 5) is 30.0.